The number of nitrogens with one attached hydrogen (secondary N) is 1. The van der Waals surface area contributed by atoms with Gasteiger partial charge in [-0.2, -0.15) is 0 Å². The Hall–Kier alpha value is -1.44. The lowest BCUT2D eigenvalue weighted by atomic mass is 9.92. The normalized spacial score (nSPS) is 23.6. The van der Waals surface area contributed by atoms with E-state index in [0.29, 0.717) is 24.8 Å². The Kier molecular flexibility index (Phi) is 7.58. The molecule has 0 radical (unpaired) electrons. The number of hydrogen-bond acceptors (Lipinski definition) is 5. The quantitative estimate of drug-likeness (QED) is 0.675. The van der Waals surface area contributed by atoms with Crippen LogP contribution in [0.25, 0.3) is 0 Å². The number of nitrogens with zero attached hydrogens (tertiary/aromatic N) is 1. The van der Waals surface area contributed by atoms with Crippen LogP contribution in [0.4, 0.5) is 5.69 Å². The number of ether oxygens (including phenoxy) is 1. The molecule has 0 aromatic heterocycles. The number of rotatable bonds is 8. The minimum Gasteiger partial charge on any atom is -0.377 e. The molecule has 7 heteroatoms. The number of carbonyl (C=O) groups is 1. The van der Waals surface area contributed by atoms with Gasteiger partial charge in [-0.05, 0) is 42.2 Å². The summed E-state index contributed by atoms with van der Waals surface area (Å²) < 4.78 is 29.9. The van der Waals surface area contributed by atoms with Crippen LogP contribution < -0.4 is 5.32 Å². The third-order valence-corrected chi connectivity index (χ3v) is 7.92. The number of hydrogen-bond donors (Lipinski definition) is 1. The number of para-hydroxylation sites is 1. The molecule has 0 spiro atoms. The van der Waals surface area contributed by atoms with E-state index < -0.39 is 9.84 Å². The second-order valence-electron chi connectivity index (χ2n) is 9.29. The van der Waals surface area contributed by atoms with Gasteiger partial charge in [-0.1, -0.05) is 45.9 Å². The van der Waals surface area contributed by atoms with Crippen molar-refractivity contribution in [3.8, 4) is 0 Å². The lowest BCUT2D eigenvalue weighted by Crippen LogP contribution is -2.45. The molecule has 0 saturated carbocycles. The first-order valence-corrected chi connectivity index (χ1v) is 13.0. The van der Waals surface area contributed by atoms with E-state index in [4.69, 9.17) is 4.74 Å². The van der Waals surface area contributed by atoms with Crippen molar-refractivity contribution < 1.29 is 17.9 Å². The highest BCUT2D eigenvalue weighted by Crippen LogP contribution is 2.32. The average Bonchev–Trinajstić information content (AvgIpc) is 3.30. The van der Waals surface area contributed by atoms with E-state index in [1.54, 1.807) is 0 Å². The van der Waals surface area contributed by atoms with Crippen LogP contribution in [-0.4, -0.2) is 62.6 Å². The molecular weight excluding hydrogens is 400 g/mol. The SMILES string of the molecule is CC(C)c1cccc(C(C)C)c1NC(=O)CN(CC1CCCO1)C1CCS(=O)(=O)C1. The predicted molar refractivity (Wildman–Crippen MR) is 121 cm³/mol. The second kappa shape index (κ2) is 9.79. The fourth-order valence-corrected chi connectivity index (χ4v) is 6.28. The molecule has 2 aliphatic heterocycles. The highest BCUT2D eigenvalue weighted by molar-refractivity contribution is 7.91. The van der Waals surface area contributed by atoms with E-state index in [-0.39, 0.29) is 36.1 Å². The maximum atomic E-state index is 13.1. The van der Waals surface area contributed by atoms with E-state index in [1.807, 2.05) is 11.0 Å². The minimum absolute atomic E-state index is 0.0790. The lowest BCUT2D eigenvalue weighted by molar-refractivity contribution is -0.118. The summed E-state index contributed by atoms with van der Waals surface area (Å²) in [5.74, 6) is 0.832. The first kappa shape index (κ1) is 23.2. The van der Waals surface area contributed by atoms with Crippen molar-refractivity contribution in [2.45, 2.75) is 70.9 Å². The molecule has 2 atom stereocenters. The van der Waals surface area contributed by atoms with Gasteiger partial charge in [0.1, 0.15) is 0 Å². The van der Waals surface area contributed by atoms with Crippen molar-refractivity contribution in [3.63, 3.8) is 0 Å². The Morgan fingerprint density at radius 3 is 2.33 bits per heavy atom. The van der Waals surface area contributed by atoms with Crippen LogP contribution in [0.3, 0.4) is 0 Å². The number of anilines is 1. The van der Waals surface area contributed by atoms with Gasteiger partial charge in [0.2, 0.25) is 5.91 Å². The van der Waals surface area contributed by atoms with Crippen molar-refractivity contribution in [1.82, 2.24) is 4.90 Å². The maximum absolute atomic E-state index is 13.1. The molecule has 1 aromatic rings. The zero-order valence-electron chi connectivity index (χ0n) is 18.7. The van der Waals surface area contributed by atoms with Gasteiger partial charge in [0.15, 0.2) is 9.84 Å². The molecule has 6 nitrogen and oxygen atoms in total. The topological polar surface area (TPSA) is 75.7 Å². The van der Waals surface area contributed by atoms with Gasteiger partial charge in [-0.3, -0.25) is 9.69 Å². The number of sulfone groups is 1. The summed E-state index contributed by atoms with van der Waals surface area (Å²) >= 11 is 0. The van der Waals surface area contributed by atoms with E-state index in [0.717, 1.165) is 36.3 Å². The molecule has 2 aliphatic rings. The van der Waals surface area contributed by atoms with Crippen LogP contribution >= 0.6 is 0 Å². The Balaban J connectivity index is 1.77. The highest BCUT2D eigenvalue weighted by atomic mass is 32.2. The first-order chi connectivity index (χ1) is 14.2. The molecule has 2 saturated heterocycles. The number of benzene rings is 1. The van der Waals surface area contributed by atoms with Gasteiger partial charge in [0, 0.05) is 24.9 Å². The van der Waals surface area contributed by atoms with Gasteiger partial charge < -0.3 is 10.1 Å². The molecule has 1 N–H and O–H groups in total. The molecule has 1 aromatic carbocycles. The van der Waals surface area contributed by atoms with Crippen LogP contribution in [0.15, 0.2) is 18.2 Å². The second-order valence-corrected chi connectivity index (χ2v) is 11.5. The zero-order chi connectivity index (χ0) is 21.9. The number of amides is 1. The molecule has 30 heavy (non-hydrogen) atoms. The van der Waals surface area contributed by atoms with Crippen molar-refractivity contribution in [2.24, 2.45) is 0 Å². The van der Waals surface area contributed by atoms with Gasteiger partial charge >= 0.3 is 0 Å². The minimum atomic E-state index is -3.02. The molecule has 2 heterocycles. The molecule has 1 amide bonds. The fourth-order valence-electron chi connectivity index (χ4n) is 4.51. The van der Waals surface area contributed by atoms with E-state index >= 15 is 0 Å². The summed E-state index contributed by atoms with van der Waals surface area (Å²) in [6.45, 7) is 10.0. The number of carbonyl (C=O) groups excluding carboxylic acids is 1. The van der Waals surface area contributed by atoms with Gasteiger partial charge in [-0.15, -0.1) is 0 Å². The first-order valence-electron chi connectivity index (χ1n) is 11.1. The lowest BCUT2D eigenvalue weighted by Gasteiger charge is -2.30. The average molecular weight is 437 g/mol. The Labute approximate surface area is 181 Å². The van der Waals surface area contributed by atoms with Crippen molar-refractivity contribution in [1.29, 1.82) is 0 Å². The van der Waals surface area contributed by atoms with Gasteiger partial charge in [0.05, 0.1) is 24.2 Å². The van der Waals surface area contributed by atoms with E-state index in [1.165, 1.54) is 0 Å². The molecule has 0 bridgehead atoms. The Morgan fingerprint density at radius 2 is 1.83 bits per heavy atom. The highest BCUT2D eigenvalue weighted by Gasteiger charge is 2.35. The summed E-state index contributed by atoms with van der Waals surface area (Å²) in [6, 6.07) is 6.07. The smallest absolute Gasteiger partial charge is 0.238 e. The van der Waals surface area contributed by atoms with Crippen molar-refractivity contribution >= 4 is 21.4 Å². The molecule has 3 rings (SSSR count). The molecule has 168 valence electrons. The molecule has 2 fully saturated rings. The molecule has 0 aliphatic carbocycles. The van der Waals surface area contributed by atoms with Crippen LogP contribution in [0, 0.1) is 0 Å². The van der Waals surface area contributed by atoms with Crippen LogP contribution in [0.1, 0.15) is 69.9 Å². The van der Waals surface area contributed by atoms with Gasteiger partial charge in [0.25, 0.3) is 0 Å². The van der Waals surface area contributed by atoms with Crippen LogP contribution in [-0.2, 0) is 19.4 Å². The van der Waals surface area contributed by atoms with E-state index in [2.05, 4.69) is 45.1 Å². The summed E-state index contributed by atoms with van der Waals surface area (Å²) in [5.41, 5.74) is 3.16. The third kappa shape index (κ3) is 5.83. The van der Waals surface area contributed by atoms with Crippen molar-refractivity contribution in [3.05, 3.63) is 29.3 Å². The fraction of sp³-hybridized carbons (Fsp3) is 0.696. The Bertz CT molecular complexity index is 819. The summed E-state index contributed by atoms with van der Waals surface area (Å²) in [4.78, 5) is 15.2. The third-order valence-electron chi connectivity index (χ3n) is 6.17. The standard InChI is InChI=1S/C23H36N2O4S/c1-16(2)20-8-5-9-21(17(3)4)23(20)24-22(26)14-25(13-19-7-6-11-29-19)18-10-12-30(27,28)15-18/h5,8-9,16-19H,6-7,10-15H2,1-4H3,(H,24,26). The van der Waals surface area contributed by atoms with Crippen LogP contribution in [0.5, 0.6) is 0 Å². The maximum Gasteiger partial charge on any atom is 0.238 e. The summed E-state index contributed by atoms with van der Waals surface area (Å²) in [7, 11) is -3.02. The van der Waals surface area contributed by atoms with Crippen LogP contribution in [0.2, 0.25) is 0 Å². The van der Waals surface area contributed by atoms with Gasteiger partial charge in [-0.25, -0.2) is 8.42 Å². The molecule has 2 unspecified atom stereocenters. The summed E-state index contributed by atoms with van der Waals surface area (Å²) in [5, 5.41) is 3.17. The monoisotopic (exact) mass is 436 g/mol. The largest absolute Gasteiger partial charge is 0.377 e. The molecular formula is C23H36N2O4S. The summed E-state index contributed by atoms with van der Waals surface area (Å²) in [6.07, 6.45) is 2.65. The van der Waals surface area contributed by atoms with E-state index in [9.17, 15) is 13.2 Å². The van der Waals surface area contributed by atoms with Crippen molar-refractivity contribution in [2.75, 3.05) is 36.5 Å². The Morgan fingerprint density at radius 1 is 1.17 bits per heavy atom. The zero-order valence-corrected chi connectivity index (χ0v) is 19.5. The predicted octanol–water partition coefficient (Wildman–Crippen LogP) is 3.54.